The van der Waals surface area contributed by atoms with E-state index >= 15 is 0 Å². The van der Waals surface area contributed by atoms with Crippen LogP contribution >= 0.6 is 0 Å². The molecule has 0 heterocycles. The highest BCUT2D eigenvalue weighted by Crippen LogP contribution is 2.37. The van der Waals surface area contributed by atoms with Crippen molar-refractivity contribution in [1.82, 2.24) is 0 Å². The van der Waals surface area contributed by atoms with Crippen LogP contribution in [0.5, 0.6) is 0 Å². The van der Waals surface area contributed by atoms with Gasteiger partial charge >= 0.3 is 0 Å². The van der Waals surface area contributed by atoms with Crippen LogP contribution < -0.4 is 4.72 Å². The minimum atomic E-state index is -3.78. The third-order valence-corrected chi connectivity index (χ3v) is 8.34. The van der Waals surface area contributed by atoms with E-state index in [-0.39, 0.29) is 4.90 Å². The van der Waals surface area contributed by atoms with Gasteiger partial charge in [-0.05, 0) is 61.2 Å². The van der Waals surface area contributed by atoms with E-state index in [9.17, 15) is 8.42 Å². The molecule has 0 unspecified atom stereocenters. The molecule has 0 saturated carbocycles. The van der Waals surface area contributed by atoms with Gasteiger partial charge in [0.2, 0.25) is 0 Å². The minimum absolute atomic E-state index is 0.232. The van der Waals surface area contributed by atoms with Gasteiger partial charge in [-0.15, -0.1) is 0 Å². The van der Waals surface area contributed by atoms with Gasteiger partial charge < -0.3 is 0 Å². The summed E-state index contributed by atoms with van der Waals surface area (Å²) in [5.41, 5.74) is 9.48. The van der Waals surface area contributed by atoms with E-state index in [1.807, 2.05) is 74.5 Å². The molecule has 4 nitrogen and oxygen atoms in total. The Labute approximate surface area is 237 Å². The smallest absolute Gasteiger partial charge is 0.261 e. The average Bonchev–Trinajstić information content (AvgIpc) is 2.95. The number of nitrogens with one attached hydrogen (secondary N) is 1. The summed E-state index contributed by atoms with van der Waals surface area (Å²) < 4.78 is 29.6. The lowest BCUT2D eigenvalue weighted by molar-refractivity contribution is 0.601. The van der Waals surface area contributed by atoms with Crippen LogP contribution in [0.1, 0.15) is 33.4 Å². The van der Waals surface area contributed by atoms with Crippen molar-refractivity contribution < 1.29 is 8.42 Å². The Morgan fingerprint density at radius 2 is 1.18 bits per heavy atom. The monoisotopic (exact) mass is 544 g/mol. The van der Waals surface area contributed by atoms with Crippen molar-refractivity contribution in [2.75, 3.05) is 4.72 Å². The van der Waals surface area contributed by atoms with E-state index in [2.05, 4.69) is 48.0 Å². The summed E-state index contributed by atoms with van der Waals surface area (Å²) in [6, 6.07) is 39.1. The number of aliphatic imine (C=N–C) groups is 1. The van der Waals surface area contributed by atoms with Crippen LogP contribution in [0.25, 0.3) is 11.1 Å². The maximum Gasteiger partial charge on any atom is 0.261 e. The molecule has 0 atom stereocenters. The number of hydrogen-bond donors (Lipinski definition) is 1. The molecule has 0 fully saturated rings. The van der Waals surface area contributed by atoms with Crippen LogP contribution in [0.2, 0.25) is 0 Å². The molecule has 5 aromatic carbocycles. The molecule has 200 valence electrons. The van der Waals surface area contributed by atoms with Crippen LogP contribution in [-0.2, 0) is 16.6 Å². The molecule has 40 heavy (non-hydrogen) atoms. The highest BCUT2D eigenvalue weighted by Gasteiger charge is 2.20. The molecule has 0 aliphatic carbocycles. The van der Waals surface area contributed by atoms with Crippen molar-refractivity contribution in [2.45, 2.75) is 32.2 Å². The number of aryl methyl sites for hydroxylation is 3. The number of benzene rings is 5. The van der Waals surface area contributed by atoms with E-state index in [1.165, 1.54) is 0 Å². The highest BCUT2D eigenvalue weighted by molar-refractivity contribution is 7.92. The molecule has 1 N–H and O–H groups in total. The van der Waals surface area contributed by atoms with Crippen molar-refractivity contribution in [2.24, 2.45) is 4.99 Å². The lowest BCUT2D eigenvalue weighted by atomic mass is 9.91. The Balaban J connectivity index is 1.59. The second-order valence-electron chi connectivity index (χ2n) is 9.92. The van der Waals surface area contributed by atoms with Gasteiger partial charge in [-0.3, -0.25) is 9.71 Å². The number of rotatable bonds is 8. The van der Waals surface area contributed by atoms with Gasteiger partial charge in [0, 0.05) is 16.7 Å². The lowest BCUT2D eigenvalue weighted by Crippen LogP contribution is -2.14. The molecule has 0 radical (unpaired) electrons. The molecule has 5 heteroatoms. The normalized spacial score (nSPS) is 11.2. The molecule has 0 saturated heterocycles. The fourth-order valence-corrected chi connectivity index (χ4v) is 6.00. The Morgan fingerprint density at radius 3 is 1.77 bits per heavy atom. The topological polar surface area (TPSA) is 58.5 Å². The van der Waals surface area contributed by atoms with Crippen molar-refractivity contribution in [3.8, 4) is 11.1 Å². The predicted molar refractivity (Wildman–Crippen MR) is 166 cm³/mol. The van der Waals surface area contributed by atoms with Gasteiger partial charge in [0.05, 0.1) is 22.8 Å². The van der Waals surface area contributed by atoms with E-state index in [1.54, 1.807) is 24.3 Å². The Kier molecular flexibility index (Phi) is 7.94. The first-order valence-corrected chi connectivity index (χ1v) is 14.7. The first kappa shape index (κ1) is 27.1. The number of hydrogen-bond acceptors (Lipinski definition) is 3. The van der Waals surface area contributed by atoms with E-state index in [0.29, 0.717) is 12.2 Å². The zero-order valence-electron chi connectivity index (χ0n) is 22.9. The number of sulfonamides is 1. The van der Waals surface area contributed by atoms with Crippen LogP contribution in [0.15, 0.2) is 131 Å². The summed E-state index contributed by atoms with van der Waals surface area (Å²) in [6.45, 7) is 6.45. The Morgan fingerprint density at radius 1 is 0.625 bits per heavy atom. The lowest BCUT2D eigenvalue weighted by Gasteiger charge is -2.19. The summed E-state index contributed by atoms with van der Waals surface area (Å²) in [7, 11) is -3.78. The summed E-state index contributed by atoms with van der Waals surface area (Å²) in [4.78, 5) is 5.36. The summed E-state index contributed by atoms with van der Waals surface area (Å²) >= 11 is 0. The first-order valence-electron chi connectivity index (χ1n) is 13.3. The van der Waals surface area contributed by atoms with Crippen LogP contribution in [-0.4, -0.2) is 14.1 Å². The van der Waals surface area contributed by atoms with Crippen LogP contribution in [0.3, 0.4) is 0 Å². The van der Waals surface area contributed by atoms with Crippen molar-refractivity contribution in [3.05, 3.63) is 155 Å². The maximum atomic E-state index is 13.4. The van der Waals surface area contributed by atoms with Crippen LogP contribution in [0.4, 0.5) is 5.69 Å². The van der Waals surface area contributed by atoms with Crippen molar-refractivity contribution >= 4 is 21.4 Å². The number of anilines is 1. The number of nitrogens with zero attached hydrogens (tertiary/aromatic N) is 1. The molecule has 0 spiro atoms. The van der Waals surface area contributed by atoms with Gasteiger partial charge in [0.15, 0.2) is 0 Å². The summed E-state index contributed by atoms with van der Waals surface area (Å²) in [5, 5.41) is 0. The van der Waals surface area contributed by atoms with E-state index in [0.717, 1.165) is 50.2 Å². The van der Waals surface area contributed by atoms with Gasteiger partial charge in [-0.2, -0.15) is 0 Å². The molecule has 0 aromatic heterocycles. The van der Waals surface area contributed by atoms with Gasteiger partial charge in [0.1, 0.15) is 0 Å². The third kappa shape index (κ3) is 5.90. The molecule has 0 aliphatic heterocycles. The van der Waals surface area contributed by atoms with Gasteiger partial charge in [-0.1, -0.05) is 109 Å². The highest BCUT2D eigenvalue weighted by atomic mass is 32.2. The van der Waals surface area contributed by atoms with Gasteiger partial charge in [-0.25, -0.2) is 8.42 Å². The molecule has 0 aliphatic rings. The molecular formula is C35H32N2O2S. The second kappa shape index (κ2) is 11.7. The quantitative estimate of drug-likeness (QED) is 0.201. The fourth-order valence-electron chi connectivity index (χ4n) is 4.93. The molecular weight excluding hydrogens is 512 g/mol. The largest absolute Gasteiger partial charge is 0.279 e. The average molecular weight is 545 g/mol. The Bertz CT molecular complexity index is 1720. The molecule has 0 amide bonds. The predicted octanol–water partition coefficient (Wildman–Crippen LogP) is 8.12. The van der Waals surface area contributed by atoms with Gasteiger partial charge in [0.25, 0.3) is 10.0 Å². The second-order valence-corrected chi connectivity index (χ2v) is 11.6. The molecule has 5 aromatic rings. The van der Waals surface area contributed by atoms with E-state index in [4.69, 9.17) is 4.99 Å². The third-order valence-electron chi connectivity index (χ3n) is 6.96. The fraction of sp³-hybridized carbons (Fsp3) is 0.114. The first-order chi connectivity index (χ1) is 19.3. The minimum Gasteiger partial charge on any atom is -0.279 e. The van der Waals surface area contributed by atoms with Crippen LogP contribution in [0, 0.1) is 20.8 Å². The zero-order valence-corrected chi connectivity index (χ0v) is 23.7. The van der Waals surface area contributed by atoms with Crippen molar-refractivity contribution in [1.29, 1.82) is 0 Å². The van der Waals surface area contributed by atoms with E-state index < -0.39 is 10.0 Å². The summed E-state index contributed by atoms with van der Waals surface area (Å²) in [6.07, 6.45) is 0. The zero-order chi connectivity index (χ0) is 28.1. The Hall–Kier alpha value is -4.48. The SMILES string of the molecule is Cc1ccc(S(=O)(=O)Nc2cccc(C)c2-c2c(C)cccc2CN=C(c2ccccc2)c2ccccc2)cc1. The van der Waals surface area contributed by atoms with Crippen molar-refractivity contribution in [3.63, 3.8) is 0 Å². The molecule has 5 rings (SSSR count). The molecule has 0 bridgehead atoms. The standard InChI is InChI=1S/C35H32N2O2S/c1-25-20-22-31(23-21-25)40(38,39)37-32-19-11-13-27(3)34(32)33-26(2)12-10-18-30(33)24-36-35(28-14-6-4-7-15-28)29-16-8-5-9-17-29/h4-23,37H,24H2,1-3H3. The maximum absolute atomic E-state index is 13.4. The summed E-state index contributed by atoms with van der Waals surface area (Å²) in [5.74, 6) is 0.